The van der Waals surface area contributed by atoms with Gasteiger partial charge in [0.1, 0.15) is 0 Å². The van der Waals surface area contributed by atoms with Crippen LogP contribution in [-0.4, -0.2) is 29.7 Å². The summed E-state index contributed by atoms with van der Waals surface area (Å²) in [6.45, 7) is 5.30. The van der Waals surface area contributed by atoms with Crippen molar-refractivity contribution in [1.29, 1.82) is 0 Å². The zero-order valence-corrected chi connectivity index (χ0v) is 13.2. The van der Waals surface area contributed by atoms with E-state index in [-0.39, 0.29) is 5.60 Å². The third-order valence-corrected chi connectivity index (χ3v) is 5.12. The molecule has 3 heteroatoms. The van der Waals surface area contributed by atoms with E-state index in [9.17, 15) is 0 Å². The lowest BCUT2D eigenvalue weighted by atomic mass is 9.98. The molecule has 1 unspecified atom stereocenters. The fourth-order valence-electron chi connectivity index (χ4n) is 3.95. The first-order valence-corrected chi connectivity index (χ1v) is 8.44. The Morgan fingerprint density at radius 2 is 2.10 bits per heavy atom. The van der Waals surface area contributed by atoms with E-state index in [1.165, 1.54) is 44.1 Å². The van der Waals surface area contributed by atoms with E-state index in [0.717, 1.165) is 25.3 Å². The molecule has 1 saturated carbocycles. The minimum atomic E-state index is 0.251. The number of rotatable bonds is 5. The molecule has 2 aliphatic rings. The van der Waals surface area contributed by atoms with Crippen LogP contribution in [-0.2, 0) is 11.3 Å². The van der Waals surface area contributed by atoms with Gasteiger partial charge < -0.3 is 10.5 Å². The Hall–Kier alpha value is -1.06. The van der Waals surface area contributed by atoms with Gasteiger partial charge >= 0.3 is 0 Å². The quantitative estimate of drug-likeness (QED) is 0.842. The number of likely N-dealkylation sites (N-methyl/N-ethyl adjacent to an activating group) is 1. The predicted octanol–water partition coefficient (Wildman–Crippen LogP) is 3.58. The van der Waals surface area contributed by atoms with Crippen LogP contribution in [0.4, 0.5) is 5.69 Å². The molecule has 1 heterocycles. The Morgan fingerprint density at radius 3 is 2.81 bits per heavy atom. The zero-order valence-electron chi connectivity index (χ0n) is 13.2. The molecule has 1 aromatic rings. The number of anilines is 1. The molecular formula is C18H28N2O. The molecule has 1 saturated heterocycles. The van der Waals surface area contributed by atoms with Crippen molar-refractivity contribution >= 4 is 5.69 Å². The number of nitrogens with two attached hydrogens (primary N) is 1. The van der Waals surface area contributed by atoms with Crippen LogP contribution in [0.2, 0.25) is 0 Å². The van der Waals surface area contributed by atoms with Gasteiger partial charge in [-0.15, -0.1) is 0 Å². The van der Waals surface area contributed by atoms with Crippen LogP contribution in [0.5, 0.6) is 0 Å². The lowest BCUT2D eigenvalue weighted by Crippen LogP contribution is -2.34. The van der Waals surface area contributed by atoms with Crippen molar-refractivity contribution in [2.75, 3.05) is 18.8 Å². The highest BCUT2D eigenvalue weighted by Gasteiger charge is 2.42. The van der Waals surface area contributed by atoms with Gasteiger partial charge in [-0.05, 0) is 49.9 Å². The van der Waals surface area contributed by atoms with Gasteiger partial charge in [-0.25, -0.2) is 0 Å². The first-order chi connectivity index (χ1) is 10.2. The van der Waals surface area contributed by atoms with E-state index < -0.39 is 0 Å². The number of nitrogens with zero attached hydrogens (tertiary/aromatic N) is 1. The highest BCUT2D eigenvalue weighted by Crippen LogP contribution is 2.43. The summed E-state index contributed by atoms with van der Waals surface area (Å²) >= 11 is 0. The molecule has 1 spiro atoms. The van der Waals surface area contributed by atoms with Crippen molar-refractivity contribution in [3.63, 3.8) is 0 Å². The number of nitrogen functional groups attached to an aromatic ring is 1. The Bertz CT molecular complexity index is 468. The molecule has 1 atom stereocenters. The van der Waals surface area contributed by atoms with Crippen molar-refractivity contribution in [2.45, 2.75) is 63.7 Å². The first-order valence-electron chi connectivity index (χ1n) is 8.44. The minimum Gasteiger partial charge on any atom is -0.399 e. The number of benzene rings is 1. The minimum absolute atomic E-state index is 0.251. The lowest BCUT2D eigenvalue weighted by molar-refractivity contribution is -0.0476. The molecule has 3 rings (SSSR count). The van der Waals surface area contributed by atoms with Crippen molar-refractivity contribution in [1.82, 2.24) is 4.90 Å². The maximum absolute atomic E-state index is 6.44. The van der Waals surface area contributed by atoms with E-state index in [2.05, 4.69) is 24.0 Å². The standard InChI is InChI=1S/C18H28N2O/c1-2-20(13-15-6-5-7-16(19)12-15)14-17-8-11-18(21-17)9-3-4-10-18/h5-7,12,17H,2-4,8-11,13-14,19H2,1H3. The average Bonchev–Trinajstić information content (AvgIpc) is 3.09. The van der Waals surface area contributed by atoms with Gasteiger partial charge in [0.25, 0.3) is 0 Å². The number of hydrogen-bond acceptors (Lipinski definition) is 3. The first kappa shape index (κ1) is 14.9. The molecule has 0 bridgehead atoms. The Labute approximate surface area is 128 Å². The normalized spacial score (nSPS) is 24.2. The Kier molecular flexibility index (Phi) is 4.51. The Balaban J connectivity index is 1.55. The van der Waals surface area contributed by atoms with Gasteiger partial charge in [0.05, 0.1) is 11.7 Å². The maximum Gasteiger partial charge on any atom is 0.0710 e. The molecule has 1 aromatic carbocycles. The molecule has 21 heavy (non-hydrogen) atoms. The van der Waals surface area contributed by atoms with E-state index >= 15 is 0 Å². The summed E-state index contributed by atoms with van der Waals surface area (Å²) in [4.78, 5) is 2.48. The monoisotopic (exact) mass is 288 g/mol. The highest BCUT2D eigenvalue weighted by atomic mass is 16.5. The molecule has 0 aromatic heterocycles. The van der Waals surface area contributed by atoms with Crippen LogP contribution in [0, 0.1) is 0 Å². The molecular weight excluding hydrogens is 260 g/mol. The second-order valence-corrected chi connectivity index (χ2v) is 6.74. The van der Waals surface area contributed by atoms with Gasteiger partial charge in [0, 0.05) is 18.8 Å². The summed E-state index contributed by atoms with van der Waals surface area (Å²) < 4.78 is 6.44. The second-order valence-electron chi connectivity index (χ2n) is 6.74. The van der Waals surface area contributed by atoms with E-state index in [1.54, 1.807) is 0 Å². The molecule has 2 fully saturated rings. The van der Waals surface area contributed by atoms with E-state index in [1.807, 2.05) is 12.1 Å². The molecule has 3 nitrogen and oxygen atoms in total. The second kappa shape index (κ2) is 6.37. The molecule has 116 valence electrons. The van der Waals surface area contributed by atoms with Crippen molar-refractivity contribution in [3.8, 4) is 0 Å². The largest absolute Gasteiger partial charge is 0.399 e. The van der Waals surface area contributed by atoms with Gasteiger partial charge in [0.2, 0.25) is 0 Å². The van der Waals surface area contributed by atoms with Crippen molar-refractivity contribution in [2.24, 2.45) is 0 Å². The van der Waals surface area contributed by atoms with Gasteiger partial charge in [0.15, 0.2) is 0 Å². The van der Waals surface area contributed by atoms with Crippen molar-refractivity contribution in [3.05, 3.63) is 29.8 Å². The van der Waals surface area contributed by atoms with Crippen LogP contribution in [0.3, 0.4) is 0 Å². The predicted molar refractivity (Wildman–Crippen MR) is 87.1 cm³/mol. The third kappa shape index (κ3) is 3.58. The van der Waals surface area contributed by atoms with Crippen LogP contribution in [0.1, 0.15) is 51.0 Å². The summed E-state index contributed by atoms with van der Waals surface area (Å²) in [5, 5.41) is 0. The van der Waals surface area contributed by atoms with Crippen LogP contribution >= 0.6 is 0 Å². The van der Waals surface area contributed by atoms with Gasteiger partial charge in [-0.1, -0.05) is 31.9 Å². The van der Waals surface area contributed by atoms with Crippen LogP contribution in [0.15, 0.2) is 24.3 Å². The molecule has 2 N–H and O–H groups in total. The lowest BCUT2D eigenvalue weighted by Gasteiger charge is -2.27. The topological polar surface area (TPSA) is 38.5 Å². The number of hydrogen-bond donors (Lipinski definition) is 1. The smallest absolute Gasteiger partial charge is 0.0710 e. The third-order valence-electron chi connectivity index (χ3n) is 5.12. The van der Waals surface area contributed by atoms with Crippen molar-refractivity contribution < 1.29 is 4.74 Å². The Morgan fingerprint density at radius 1 is 1.29 bits per heavy atom. The zero-order chi connectivity index (χ0) is 14.7. The summed E-state index contributed by atoms with van der Waals surface area (Å²) in [7, 11) is 0. The number of ether oxygens (including phenoxy) is 1. The summed E-state index contributed by atoms with van der Waals surface area (Å²) in [6, 6.07) is 8.23. The van der Waals surface area contributed by atoms with Gasteiger partial charge in [-0.2, -0.15) is 0 Å². The molecule has 1 aliphatic carbocycles. The fraction of sp³-hybridized carbons (Fsp3) is 0.667. The summed E-state index contributed by atoms with van der Waals surface area (Å²) in [5.41, 5.74) is 8.28. The van der Waals surface area contributed by atoms with E-state index in [4.69, 9.17) is 10.5 Å². The maximum atomic E-state index is 6.44. The summed E-state index contributed by atoms with van der Waals surface area (Å²) in [6.07, 6.45) is 8.20. The summed E-state index contributed by atoms with van der Waals surface area (Å²) in [5.74, 6) is 0. The fourth-order valence-corrected chi connectivity index (χ4v) is 3.95. The van der Waals surface area contributed by atoms with E-state index in [0.29, 0.717) is 6.10 Å². The average molecular weight is 288 g/mol. The molecule has 0 amide bonds. The van der Waals surface area contributed by atoms with Gasteiger partial charge in [-0.3, -0.25) is 4.90 Å². The molecule has 0 radical (unpaired) electrons. The highest BCUT2D eigenvalue weighted by molar-refractivity contribution is 5.40. The molecule has 1 aliphatic heterocycles. The van der Waals surface area contributed by atoms with Crippen LogP contribution in [0.25, 0.3) is 0 Å². The van der Waals surface area contributed by atoms with Crippen LogP contribution < -0.4 is 5.73 Å². The SMILES string of the molecule is CCN(Cc1cccc(N)c1)CC1CCC2(CCCC2)O1.